The van der Waals surface area contributed by atoms with Crippen molar-refractivity contribution in [2.45, 2.75) is 6.54 Å². The van der Waals surface area contributed by atoms with Crippen molar-refractivity contribution in [1.82, 2.24) is 4.98 Å². The largest absolute Gasteiger partial charge is 0.482 e. The fourth-order valence-electron chi connectivity index (χ4n) is 2.24. The van der Waals surface area contributed by atoms with Gasteiger partial charge in [-0.1, -0.05) is 11.6 Å². The van der Waals surface area contributed by atoms with E-state index in [-0.39, 0.29) is 12.5 Å². The lowest BCUT2D eigenvalue weighted by molar-refractivity contribution is -0.121. The monoisotopic (exact) mass is 303 g/mol. The first-order valence-electron chi connectivity index (χ1n) is 6.53. The van der Waals surface area contributed by atoms with Gasteiger partial charge in [-0.25, -0.2) is 4.98 Å². The number of fused-ring (bicyclic) bond motifs is 1. The van der Waals surface area contributed by atoms with Crippen LogP contribution in [0.2, 0.25) is 5.02 Å². The first-order valence-corrected chi connectivity index (χ1v) is 6.90. The molecule has 5 nitrogen and oxygen atoms in total. The highest BCUT2D eigenvalue weighted by atomic mass is 35.5. The zero-order valence-electron chi connectivity index (χ0n) is 11.5. The molecule has 0 spiro atoms. The molecule has 1 N–H and O–H groups in total. The SMILES string of the molecule is CNc1cc(CN2C(=O)COc3ccc(Cl)cc32)ccn1. The Morgan fingerprint density at radius 1 is 1.38 bits per heavy atom. The zero-order valence-corrected chi connectivity index (χ0v) is 12.2. The van der Waals surface area contributed by atoms with E-state index in [4.69, 9.17) is 16.3 Å². The molecule has 0 bridgehead atoms. The molecule has 1 aromatic carbocycles. The molecule has 2 heterocycles. The van der Waals surface area contributed by atoms with Crippen LogP contribution in [0.15, 0.2) is 36.5 Å². The summed E-state index contributed by atoms with van der Waals surface area (Å²) < 4.78 is 5.43. The maximum absolute atomic E-state index is 12.2. The Morgan fingerprint density at radius 3 is 3.05 bits per heavy atom. The molecular formula is C15H14ClN3O2. The molecule has 108 valence electrons. The van der Waals surface area contributed by atoms with Crippen molar-refractivity contribution in [2.75, 3.05) is 23.9 Å². The smallest absolute Gasteiger partial charge is 0.265 e. The van der Waals surface area contributed by atoms with Gasteiger partial charge in [-0.3, -0.25) is 4.79 Å². The molecule has 6 heteroatoms. The topological polar surface area (TPSA) is 54.5 Å². The second-order valence-corrected chi connectivity index (χ2v) is 5.12. The molecule has 0 unspecified atom stereocenters. The predicted octanol–water partition coefficient (Wildman–Crippen LogP) is 2.70. The summed E-state index contributed by atoms with van der Waals surface area (Å²) in [6, 6.07) is 9.07. The molecular weight excluding hydrogens is 290 g/mol. The number of nitrogens with zero attached hydrogens (tertiary/aromatic N) is 2. The van der Waals surface area contributed by atoms with Crippen molar-refractivity contribution < 1.29 is 9.53 Å². The number of carbonyl (C=O) groups excluding carboxylic acids is 1. The molecule has 21 heavy (non-hydrogen) atoms. The summed E-state index contributed by atoms with van der Waals surface area (Å²) in [4.78, 5) is 18.0. The highest BCUT2D eigenvalue weighted by molar-refractivity contribution is 6.31. The van der Waals surface area contributed by atoms with Gasteiger partial charge in [0.2, 0.25) is 0 Å². The number of ether oxygens (including phenoxy) is 1. The molecule has 1 aliphatic heterocycles. The average Bonchev–Trinajstić information content (AvgIpc) is 2.50. The van der Waals surface area contributed by atoms with Gasteiger partial charge >= 0.3 is 0 Å². The fourth-order valence-corrected chi connectivity index (χ4v) is 2.41. The Morgan fingerprint density at radius 2 is 2.24 bits per heavy atom. The molecule has 1 aromatic heterocycles. The van der Waals surface area contributed by atoms with E-state index in [1.807, 2.05) is 12.1 Å². The van der Waals surface area contributed by atoms with E-state index in [0.29, 0.717) is 23.0 Å². The molecule has 0 radical (unpaired) electrons. The summed E-state index contributed by atoms with van der Waals surface area (Å²) in [7, 11) is 1.81. The van der Waals surface area contributed by atoms with Crippen LogP contribution in [0.3, 0.4) is 0 Å². The highest BCUT2D eigenvalue weighted by Gasteiger charge is 2.25. The Labute approximate surface area is 127 Å². The second kappa shape index (κ2) is 5.61. The number of pyridine rings is 1. The van der Waals surface area contributed by atoms with E-state index < -0.39 is 0 Å². The quantitative estimate of drug-likeness (QED) is 0.947. The van der Waals surface area contributed by atoms with Crippen LogP contribution in [-0.4, -0.2) is 24.5 Å². The van der Waals surface area contributed by atoms with Crippen LogP contribution in [0, 0.1) is 0 Å². The predicted molar refractivity (Wildman–Crippen MR) is 81.9 cm³/mol. The number of aromatic nitrogens is 1. The maximum atomic E-state index is 12.2. The third kappa shape index (κ3) is 2.78. The van der Waals surface area contributed by atoms with Gasteiger partial charge < -0.3 is 15.0 Å². The highest BCUT2D eigenvalue weighted by Crippen LogP contribution is 2.35. The van der Waals surface area contributed by atoms with Crippen molar-refractivity contribution in [3.05, 3.63) is 47.1 Å². The van der Waals surface area contributed by atoms with Gasteiger partial charge in [-0.05, 0) is 35.9 Å². The lowest BCUT2D eigenvalue weighted by Crippen LogP contribution is -2.38. The van der Waals surface area contributed by atoms with Gasteiger partial charge in [0, 0.05) is 18.3 Å². The van der Waals surface area contributed by atoms with Crippen LogP contribution < -0.4 is 15.0 Å². The van der Waals surface area contributed by atoms with E-state index >= 15 is 0 Å². The Bertz CT molecular complexity index is 690. The minimum Gasteiger partial charge on any atom is -0.482 e. The van der Waals surface area contributed by atoms with Crippen LogP contribution in [0.1, 0.15) is 5.56 Å². The Kier molecular flexibility index (Phi) is 3.66. The van der Waals surface area contributed by atoms with Gasteiger partial charge in [0.1, 0.15) is 11.6 Å². The van der Waals surface area contributed by atoms with Gasteiger partial charge in [0.25, 0.3) is 5.91 Å². The van der Waals surface area contributed by atoms with Gasteiger partial charge in [0.15, 0.2) is 6.61 Å². The summed E-state index contributed by atoms with van der Waals surface area (Å²) in [5, 5.41) is 3.56. The first-order chi connectivity index (χ1) is 10.2. The summed E-state index contributed by atoms with van der Waals surface area (Å²) in [6.45, 7) is 0.491. The second-order valence-electron chi connectivity index (χ2n) is 4.68. The van der Waals surface area contributed by atoms with E-state index in [9.17, 15) is 4.79 Å². The van der Waals surface area contributed by atoms with Gasteiger partial charge in [-0.2, -0.15) is 0 Å². The van der Waals surface area contributed by atoms with E-state index in [1.165, 1.54) is 0 Å². The standard InChI is InChI=1S/C15H14ClN3O2/c1-17-14-6-10(4-5-18-14)8-19-12-7-11(16)2-3-13(12)21-9-15(19)20/h2-7H,8-9H2,1H3,(H,17,18). The summed E-state index contributed by atoms with van der Waals surface area (Å²) >= 11 is 6.03. The molecule has 0 saturated heterocycles. The minimum absolute atomic E-state index is 0.0403. The number of hydrogen-bond acceptors (Lipinski definition) is 4. The molecule has 0 fully saturated rings. The Balaban J connectivity index is 1.94. The van der Waals surface area contributed by atoms with Crippen LogP contribution in [0.4, 0.5) is 11.5 Å². The van der Waals surface area contributed by atoms with E-state index in [1.54, 1.807) is 36.3 Å². The molecule has 2 aromatic rings. The number of nitrogens with one attached hydrogen (secondary N) is 1. The van der Waals surface area contributed by atoms with E-state index in [0.717, 1.165) is 11.4 Å². The van der Waals surface area contributed by atoms with E-state index in [2.05, 4.69) is 10.3 Å². The third-order valence-corrected chi connectivity index (χ3v) is 3.52. The van der Waals surface area contributed by atoms with Crippen molar-refractivity contribution in [1.29, 1.82) is 0 Å². The Hall–Kier alpha value is -2.27. The van der Waals surface area contributed by atoms with Gasteiger partial charge in [-0.15, -0.1) is 0 Å². The van der Waals surface area contributed by atoms with Crippen LogP contribution in [0.5, 0.6) is 5.75 Å². The number of hydrogen-bond donors (Lipinski definition) is 1. The van der Waals surface area contributed by atoms with Crippen LogP contribution in [-0.2, 0) is 11.3 Å². The fraction of sp³-hybridized carbons (Fsp3) is 0.200. The summed E-state index contributed by atoms with van der Waals surface area (Å²) in [5.74, 6) is 1.34. The molecule has 3 rings (SSSR count). The van der Waals surface area contributed by atoms with Crippen molar-refractivity contribution in [2.24, 2.45) is 0 Å². The number of halogens is 1. The van der Waals surface area contributed by atoms with Crippen LogP contribution >= 0.6 is 11.6 Å². The molecule has 1 amide bonds. The minimum atomic E-state index is -0.0902. The average molecular weight is 304 g/mol. The van der Waals surface area contributed by atoms with Crippen molar-refractivity contribution in [3.63, 3.8) is 0 Å². The number of carbonyl (C=O) groups is 1. The summed E-state index contributed by atoms with van der Waals surface area (Å²) in [5.41, 5.74) is 1.68. The normalized spacial score (nSPS) is 13.6. The third-order valence-electron chi connectivity index (χ3n) is 3.29. The van der Waals surface area contributed by atoms with Gasteiger partial charge in [0.05, 0.1) is 12.2 Å². The number of benzene rings is 1. The maximum Gasteiger partial charge on any atom is 0.265 e. The molecule has 0 atom stereocenters. The van der Waals surface area contributed by atoms with Crippen molar-refractivity contribution in [3.8, 4) is 5.75 Å². The lowest BCUT2D eigenvalue weighted by Gasteiger charge is -2.29. The number of anilines is 2. The summed E-state index contributed by atoms with van der Waals surface area (Å²) in [6.07, 6.45) is 1.71. The first kappa shape index (κ1) is 13.7. The molecule has 0 saturated carbocycles. The molecule has 1 aliphatic rings. The van der Waals surface area contributed by atoms with Crippen LogP contribution in [0.25, 0.3) is 0 Å². The lowest BCUT2D eigenvalue weighted by atomic mass is 10.2. The number of amides is 1. The zero-order chi connectivity index (χ0) is 14.8. The number of rotatable bonds is 3. The molecule has 0 aliphatic carbocycles. The van der Waals surface area contributed by atoms with Crippen molar-refractivity contribution >= 4 is 29.0 Å².